The molecule has 0 amide bonds. The van der Waals surface area contributed by atoms with Crippen LogP contribution in [0.2, 0.25) is 0 Å². The molecule has 0 spiro atoms. The summed E-state index contributed by atoms with van der Waals surface area (Å²) in [5.74, 6) is -1.28. The number of esters is 1. The van der Waals surface area contributed by atoms with Gasteiger partial charge in [-0.3, -0.25) is 4.79 Å². The molecule has 0 aromatic heterocycles. The fraction of sp³-hybridized carbons (Fsp3) is 0.833. The highest BCUT2D eigenvalue weighted by molar-refractivity contribution is 5.74. The molecule has 4 heteroatoms. The number of cyclic esters (lactones) is 1. The number of rotatable bonds is 1. The van der Waals surface area contributed by atoms with Crippen LogP contribution < -0.4 is 0 Å². The van der Waals surface area contributed by atoms with Crippen molar-refractivity contribution in [2.24, 2.45) is 11.8 Å². The second-order valence-corrected chi connectivity index (χ2v) is 2.46. The third kappa shape index (κ3) is 0.998. The lowest BCUT2D eigenvalue weighted by Crippen LogP contribution is -2.22. The topological polar surface area (TPSA) is 66.8 Å². The fourth-order valence-electron chi connectivity index (χ4n) is 0.984. The van der Waals surface area contributed by atoms with Gasteiger partial charge < -0.3 is 14.9 Å². The van der Waals surface area contributed by atoms with Crippen LogP contribution in [0.4, 0.5) is 0 Å². The zero-order valence-corrected chi connectivity index (χ0v) is 5.65. The second kappa shape index (κ2) is 2.56. The maximum absolute atomic E-state index is 10.7. The zero-order chi connectivity index (χ0) is 7.72. The number of hydrogen-bond donors (Lipinski definition) is 2. The number of ether oxygens (including phenoxy) is 1. The van der Waals surface area contributed by atoms with Crippen LogP contribution in [-0.2, 0) is 9.53 Å². The number of hydrogen-bond acceptors (Lipinski definition) is 4. The second-order valence-electron chi connectivity index (χ2n) is 2.46. The van der Waals surface area contributed by atoms with Gasteiger partial charge in [0.1, 0.15) is 0 Å². The predicted molar refractivity (Wildman–Crippen MR) is 31.8 cm³/mol. The van der Waals surface area contributed by atoms with Gasteiger partial charge in [-0.25, -0.2) is 0 Å². The molecule has 1 fully saturated rings. The van der Waals surface area contributed by atoms with Crippen molar-refractivity contribution in [2.45, 2.75) is 13.2 Å². The van der Waals surface area contributed by atoms with E-state index in [1.54, 1.807) is 6.92 Å². The highest BCUT2D eigenvalue weighted by Crippen LogP contribution is 2.25. The summed E-state index contributed by atoms with van der Waals surface area (Å²) in [5, 5.41) is 17.6. The molecule has 0 bridgehead atoms. The van der Waals surface area contributed by atoms with Crippen LogP contribution in [0, 0.1) is 11.8 Å². The molecule has 1 aliphatic rings. The Balaban J connectivity index is 2.64. The molecule has 1 saturated heterocycles. The summed E-state index contributed by atoms with van der Waals surface area (Å²) in [5.41, 5.74) is 0. The van der Waals surface area contributed by atoms with E-state index < -0.39 is 18.2 Å². The maximum Gasteiger partial charge on any atom is 0.311 e. The third-order valence-electron chi connectivity index (χ3n) is 1.83. The minimum Gasteiger partial charge on any atom is -0.435 e. The molecule has 3 atom stereocenters. The molecule has 58 valence electrons. The number of aliphatic hydroxyl groups is 2. The Morgan fingerprint density at radius 1 is 1.70 bits per heavy atom. The van der Waals surface area contributed by atoms with E-state index in [1.807, 2.05) is 0 Å². The summed E-state index contributed by atoms with van der Waals surface area (Å²) in [6.45, 7) is 1.41. The molecular formula is C6H10O4. The SMILES string of the molecule is CC1C(=O)OC(O)C1CO. The summed E-state index contributed by atoms with van der Waals surface area (Å²) in [4.78, 5) is 10.7. The first-order valence-corrected chi connectivity index (χ1v) is 3.16. The Morgan fingerprint density at radius 2 is 2.30 bits per heavy atom. The standard InChI is InChI=1S/C6H10O4/c1-3-4(2-7)6(9)10-5(3)8/h3-4,6-7,9H,2H2,1H3. The molecule has 0 aromatic carbocycles. The first-order chi connectivity index (χ1) is 4.66. The molecule has 1 rings (SSSR count). The highest BCUT2D eigenvalue weighted by Gasteiger charge is 2.40. The van der Waals surface area contributed by atoms with E-state index in [4.69, 9.17) is 10.2 Å². The van der Waals surface area contributed by atoms with Crippen LogP contribution in [0.3, 0.4) is 0 Å². The monoisotopic (exact) mass is 146 g/mol. The van der Waals surface area contributed by atoms with E-state index in [9.17, 15) is 4.79 Å². The van der Waals surface area contributed by atoms with E-state index in [0.29, 0.717) is 0 Å². The van der Waals surface area contributed by atoms with Gasteiger partial charge in [-0.05, 0) is 0 Å². The van der Waals surface area contributed by atoms with Crippen LogP contribution in [0.25, 0.3) is 0 Å². The quantitative estimate of drug-likeness (QED) is 0.471. The van der Waals surface area contributed by atoms with Crippen LogP contribution in [0.1, 0.15) is 6.92 Å². The van der Waals surface area contributed by atoms with Gasteiger partial charge in [0.25, 0.3) is 0 Å². The lowest BCUT2D eigenvalue weighted by molar-refractivity contribution is -0.157. The van der Waals surface area contributed by atoms with Crippen molar-refractivity contribution in [1.29, 1.82) is 0 Å². The Morgan fingerprint density at radius 3 is 2.50 bits per heavy atom. The number of carbonyl (C=O) groups excluding carboxylic acids is 1. The summed E-state index contributed by atoms with van der Waals surface area (Å²) < 4.78 is 4.43. The van der Waals surface area contributed by atoms with Gasteiger partial charge in [0.2, 0.25) is 6.29 Å². The smallest absolute Gasteiger partial charge is 0.311 e. The lowest BCUT2D eigenvalue weighted by atomic mass is 9.98. The average molecular weight is 146 g/mol. The van der Waals surface area contributed by atoms with Crippen molar-refractivity contribution >= 4 is 5.97 Å². The fourth-order valence-corrected chi connectivity index (χ4v) is 0.984. The molecule has 0 radical (unpaired) electrons. The van der Waals surface area contributed by atoms with E-state index in [1.165, 1.54) is 0 Å². The molecule has 0 aromatic rings. The Kier molecular flexibility index (Phi) is 1.92. The summed E-state index contributed by atoms with van der Waals surface area (Å²) >= 11 is 0. The van der Waals surface area contributed by atoms with E-state index in [2.05, 4.69) is 4.74 Å². The van der Waals surface area contributed by atoms with Gasteiger partial charge >= 0.3 is 5.97 Å². The Labute approximate surface area is 58.4 Å². The molecule has 4 nitrogen and oxygen atoms in total. The van der Waals surface area contributed by atoms with Crippen molar-refractivity contribution in [3.63, 3.8) is 0 Å². The van der Waals surface area contributed by atoms with Gasteiger partial charge in [-0.1, -0.05) is 6.92 Å². The van der Waals surface area contributed by atoms with Crippen LogP contribution in [0.15, 0.2) is 0 Å². The first kappa shape index (κ1) is 7.50. The van der Waals surface area contributed by atoms with Gasteiger partial charge in [0, 0.05) is 0 Å². The normalized spacial score (nSPS) is 39.9. The molecule has 1 heterocycles. The van der Waals surface area contributed by atoms with Gasteiger partial charge in [0.05, 0.1) is 18.4 Å². The highest BCUT2D eigenvalue weighted by atomic mass is 16.6. The molecule has 0 saturated carbocycles. The van der Waals surface area contributed by atoms with Crippen molar-refractivity contribution in [2.75, 3.05) is 6.61 Å². The Hall–Kier alpha value is -0.610. The first-order valence-electron chi connectivity index (χ1n) is 3.16. The van der Waals surface area contributed by atoms with E-state index in [0.717, 1.165) is 0 Å². The molecular weight excluding hydrogens is 136 g/mol. The minimum absolute atomic E-state index is 0.214. The average Bonchev–Trinajstić information content (AvgIpc) is 2.09. The van der Waals surface area contributed by atoms with Crippen molar-refractivity contribution < 1.29 is 19.7 Å². The largest absolute Gasteiger partial charge is 0.435 e. The number of aliphatic hydroxyl groups excluding tert-OH is 2. The Bertz CT molecular complexity index is 145. The van der Waals surface area contributed by atoms with Crippen LogP contribution >= 0.6 is 0 Å². The van der Waals surface area contributed by atoms with E-state index >= 15 is 0 Å². The predicted octanol–water partition coefficient (Wildman–Crippen LogP) is -0.894. The summed E-state index contributed by atoms with van der Waals surface area (Å²) in [6, 6.07) is 0. The molecule has 1 aliphatic heterocycles. The van der Waals surface area contributed by atoms with Crippen molar-refractivity contribution in [1.82, 2.24) is 0 Å². The zero-order valence-electron chi connectivity index (χ0n) is 5.65. The minimum atomic E-state index is -1.12. The molecule has 2 N–H and O–H groups in total. The van der Waals surface area contributed by atoms with Gasteiger partial charge in [0.15, 0.2) is 0 Å². The molecule has 10 heavy (non-hydrogen) atoms. The van der Waals surface area contributed by atoms with Crippen molar-refractivity contribution in [3.8, 4) is 0 Å². The summed E-state index contributed by atoms with van der Waals surface area (Å²) in [7, 11) is 0. The maximum atomic E-state index is 10.7. The van der Waals surface area contributed by atoms with E-state index in [-0.39, 0.29) is 12.5 Å². The van der Waals surface area contributed by atoms with Crippen LogP contribution in [-0.4, -0.2) is 29.1 Å². The lowest BCUT2D eigenvalue weighted by Gasteiger charge is -2.09. The summed E-state index contributed by atoms with van der Waals surface area (Å²) in [6.07, 6.45) is -1.12. The van der Waals surface area contributed by atoms with Gasteiger partial charge in [-0.15, -0.1) is 0 Å². The van der Waals surface area contributed by atoms with Crippen LogP contribution in [0.5, 0.6) is 0 Å². The van der Waals surface area contributed by atoms with Crippen molar-refractivity contribution in [3.05, 3.63) is 0 Å². The third-order valence-corrected chi connectivity index (χ3v) is 1.83. The molecule has 3 unspecified atom stereocenters. The van der Waals surface area contributed by atoms with Gasteiger partial charge in [-0.2, -0.15) is 0 Å². The molecule has 0 aliphatic carbocycles. The number of carbonyl (C=O) groups is 1.